The highest BCUT2D eigenvalue weighted by molar-refractivity contribution is 4.84. The fourth-order valence-electron chi connectivity index (χ4n) is 0.916. The minimum atomic E-state index is 0.669. The maximum atomic E-state index is 3.26. The quantitative estimate of drug-likeness (QED) is 0.579. The van der Waals surface area contributed by atoms with Gasteiger partial charge in [-0.3, -0.25) is 0 Å². The van der Waals surface area contributed by atoms with Crippen LogP contribution < -0.4 is 5.32 Å². The lowest BCUT2D eigenvalue weighted by Gasteiger charge is -2.09. The summed E-state index contributed by atoms with van der Waals surface area (Å²) in [5.74, 6) is 0. The zero-order valence-corrected chi connectivity index (χ0v) is 7.35. The molecule has 1 nitrogen and oxygen atoms in total. The summed E-state index contributed by atoms with van der Waals surface area (Å²) >= 11 is 0. The molecule has 0 saturated heterocycles. The van der Waals surface area contributed by atoms with E-state index in [0.717, 1.165) is 6.42 Å². The van der Waals surface area contributed by atoms with Gasteiger partial charge >= 0.3 is 0 Å². The average Bonchev–Trinajstić information content (AvgIpc) is 1.99. The predicted molar refractivity (Wildman–Crippen MR) is 47.2 cm³/mol. The molecular weight excluding hydrogens is 122 g/mol. The molecule has 0 bridgehead atoms. The van der Waals surface area contributed by atoms with Crippen LogP contribution in [0.2, 0.25) is 0 Å². The Morgan fingerprint density at radius 3 is 2.40 bits per heavy atom. The van der Waals surface area contributed by atoms with Crippen molar-refractivity contribution in [3.05, 3.63) is 12.2 Å². The highest BCUT2D eigenvalue weighted by atomic mass is 14.9. The molecule has 0 aliphatic carbocycles. The van der Waals surface area contributed by atoms with Crippen LogP contribution in [0.1, 0.15) is 33.1 Å². The summed E-state index contributed by atoms with van der Waals surface area (Å²) < 4.78 is 0. The molecule has 0 aromatic heterocycles. The minimum Gasteiger partial charge on any atom is -0.317 e. The molecule has 0 amide bonds. The lowest BCUT2D eigenvalue weighted by molar-refractivity contribution is 0.552. The second kappa shape index (κ2) is 6.81. The summed E-state index contributed by atoms with van der Waals surface area (Å²) in [6.45, 7) is 4.37. The van der Waals surface area contributed by atoms with Gasteiger partial charge in [-0.2, -0.15) is 0 Å². The van der Waals surface area contributed by atoms with E-state index in [1.807, 2.05) is 7.05 Å². The third-order valence-electron chi connectivity index (χ3n) is 1.72. The van der Waals surface area contributed by atoms with Crippen molar-refractivity contribution in [1.82, 2.24) is 5.32 Å². The number of hydrogen-bond acceptors (Lipinski definition) is 1. The maximum Gasteiger partial charge on any atom is 0.00959 e. The van der Waals surface area contributed by atoms with Crippen LogP contribution in [0.3, 0.4) is 0 Å². The van der Waals surface area contributed by atoms with E-state index in [9.17, 15) is 0 Å². The predicted octanol–water partition coefficient (Wildman–Crippen LogP) is 2.34. The molecule has 0 heterocycles. The molecule has 0 aliphatic rings. The molecular formula is C9H19N. The van der Waals surface area contributed by atoms with Crippen LogP contribution >= 0.6 is 0 Å². The van der Waals surface area contributed by atoms with Crippen LogP contribution in [-0.4, -0.2) is 13.1 Å². The largest absolute Gasteiger partial charge is 0.317 e. The summed E-state index contributed by atoms with van der Waals surface area (Å²) in [5, 5.41) is 3.26. The van der Waals surface area contributed by atoms with E-state index in [2.05, 4.69) is 31.3 Å². The minimum absolute atomic E-state index is 0.669. The Morgan fingerprint density at radius 1 is 1.30 bits per heavy atom. The van der Waals surface area contributed by atoms with E-state index in [1.165, 1.54) is 12.8 Å². The van der Waals surface area contributed by atoms with E-state index in [-0.39, 0.29) is 0 Å². The molecule has 0 rings (SSSR count). The molecule has 0 radical (unpaired) electrons. The zero-order valence-electron chi connectivity index (χ0n) is 7.35. The van der Waals surface area contributed by atoms with E-state index in [4.69, 9.17) is 0 Å². The molecule has 0 aromatic carbocycles. The second-order valence-corrected chi connectivity index (χ2v) is 2.51. The Bertz CT molecular complexity index is 82.7. The van der Waals surface area contributed by atoms with Gasteiger partial charge in [-0.05, 0) is 26.3 Å². The SMILES string of the molecule is CCC=CC[C@H](CC)NC. The molecule has 0 saturated carbocycles. The molecule has 60 valence electrons. The van der Waals surface area contributed by atoms with Gasteiger partial charge in [-0.25, -0.2) is 0 Å². The molecule has 1 N–H and O–H groups in total. The molecule has 0 fully saturated rings. The number of nitrogens with one attached hydrogen (secondary N) is 1. The molecule has 0 aliphatic heterocycles. The van der Waals surface area contributed by atoms with Crippen molar-refractivity contribution in [3.8, 4) is 0 Å². The first-order chi connectivity index (χ1) is 4.85. The van der Waals surface area contributed by atoms with Crippen molar-refractivity contribution in [1.29, 1.82) is 0 Å². The van der Waals surface area contributed by atoms with Gasteiger partial charge in [0.1, 0.15) is 0 Å². The number of rotatable bonds is 5. The van der Waals surface area contributed by atoms with Gasteiger partial charge in [-0.15, -0.1) is 0 Å². The van der Waals surface area contributed by atoms with Crippen LogP contribution in [0, 0.1) is 0 Å². The monoisotopic (exact) mass is 141 g/mol. The zero-order chi connectivity index (χ0) is 7.82. The Balaban J connectivity index is 3.34. The number of allylic oxidation sites excluding steroid dienone is 1. The Labute approximate surface area is 64.5 Å². The molecule has 1 heteroatoms. The first-order valence-electron chi connectivity index (χ1n) is 4.17. The van der Waals surface area contributed by atoms with Crippen molar-refractivity contribution in [3.63, 3.8) is 0 Å². The lowest BCUT2D eigenvalue weighted by atomic mass is 10.1. The average molecular weight is 141 g/mol. The number of hydrogen-bond donors (Lipinski definition) is 1. The normalized spacial score (nSPS) is 14.3. The third kappa shape index (κ3) is 4.57. The van der Waals surface area contributed by atoms with Crippen molar-refractivity contribution in [2.75, 3.05) is 7.05 Å². The first-order valence-corrected chi connectivity index (χ1v) is 4.17. The Morgan fingerprint density at radius 2 is 2.00 bits per heavy atom. The standard InChI is InChI=1S/C9H19N/c1-4-6-7-8-9(5-2)10-3/h6-7,9-10H,4-5,8H2,1-3H3/t9-/m0/s1. The Kier molecular flexibility index (Phi) is 6.61. The van der Waals surface area contributed by atoms with Crippen molar-refractivity contribution < 1.29 is 0 Å². The molecule has 1 atom stereocenters. The molecule has 0 unspecified atom stereocenters. The summed E-state index contributed by atoms with van der Waals surface area (Å²) in [6, 6.07) is 0.669. The van der Waals surface area contributed by atoms with E-state index < -0.39 is 0 Å². The van der Waals surface area contributed by atoms with Gasteiger partial charge in [0, 0.05) is 6.04 Å². The lowest BCUT2D eigenvalue weighted by Crippen LogP contribution is -2.22. The van der Waals surface area contributed by atoms with Crippen LogP contribution in [0.5, 0.6) is 0 Å². The van der Waals surface area contributed by atoms with Gasteiger partial charge in [0.15, 0.2) is 0 Å². The van der Waals surface area contributed by atoms with Crippen LogP contribution in [-0.2, 0) is 0 Å². The highest BCUT2D eigenvalue weighted by Gasteiger charge is 1.96. The van der Waals surface area contributed by atoms with Crippen LogP contribution in [0.15, 0.2) is 12.2 Å². The smallest absolute Gasteiger partial charge is 0.00959 e. The van der Waals surface area contributed by atoms with Crippen molar-refractivity contribution >= 4 is 0 Å². The molecule has 0 aromatic rings. The van der Waals surface area contributed by atoms with Gasteiger partial charge in [0.2, 0.25) is 0 Å². The fraction of sp³-hybridized carbons (Fsp3) is 0.778. The van der Waals surface area contributed by atoms with Gasteiger partial charge in [-0.1, -0.05) is 26.0 Å². The highest BCUT2D eigenvalue weighted by Crippen LogP contribution is 1.97. The maximum absolute atomic E-state index is 3.26. The summed E-state index contributed by atoms with van der Waals surface area (Å²) in [6.07, 6.45) is 8.01. The molecule has 10 heavy (non-hydrogen) atoms. The van der Waals surface area contributed by atoms with Crippen LogP contribution in [0.25, 0.3) is 0 Å². The Hall–Kier alpha value is -0.300. The van der Waals surface area contributed by atoms with Gasteiger partial charge in [0.25, 0.3) is 0 Å². The summed E-state index contributed by atoms with van der Waals surface area (Å²) in [7, 11) is 2.02. The fourth-order valence-corrected chi connectivity index (χ4v) is 0.916. The second-order valence-electron chi connectivity index (χ2n) is 2.51. The van der Waals surface area contributed by atoms with Crippen molar-refractivity contribution in [2.45, 2.75) is 39.2 Å². The van der Waals surface area contributed by atoms with Gasteiger partial charge in [0.05, 0.1) is 0 Å². The topological polar surface area (TPSA) is 12.0 Å². The van der Waals surface area contributed by atoms with E-state index >= 15 is 0 Å². The van der Waals surface area contributed by atoms with Crippen molar-refractivity contribution in [2.24, 2.45) is 0 Å². The van der Waals surface area contributed by atoms with E-state index in [0.29, 0.717) is 6.04 Å². The molecule has 0 spiro atoms. The summed E-state index contributed by atoms with van der Waals surface area (Å²) in [5.41, 5.74) is 0. The first kappa shape index (κ1) is 9.70. The van der Waals surface area contributed by atoms with E-state index in [1.54, 1.807) is 0 Å². The summed E-state index contributed by atoms with van der Waals surface area (Å²) in [4.78, 5) is 0. The van der Waals surface area contributed by atoms with Gasteiger partial charge < -0.3 is 5.32 Å². The van der Waals surface area contributed by atoms with Crippen LogP contribution in [0.4, 0.5) is 0 Å². The third-order valence-corrected chi connectivity index (χ3v) is 1.72.